The minimum Gasteiger partial charge on any atom is -0.496 e. The first-order valence-electron chi connectivity index (χ1n) is 22.5. The molecule has 5 heteroatoms. The number of aliphatic hydroxyl groups excluding tert-OH is 1. The highest BCUT2D eigenvalue weighted by molar-refractivity contribution is 5.82. The van der Waals surface area contributed by atoms with Gasteiger partial charge in [-0.3, -0.25) is 0 Å². The van der Waals surface area contributed by atoms with Crippen molar-refractivity contribution in [3.05, 3.63) is 229 Å². The van der Waals surface area contributed by atoms with Crippen molar-refractivity contribution in [2.45, 2.75) is 33.8 Å². The number of methoxy groups -OCH3 is 2. The summed E-state index contributed by atoms with van der Waals surface area (Å²) in [7, 11) is 3.42. The predicted molar refractivity (Wildman–Crippen MR) is 275 cm³/mol. The van der Waals surface area contributed by atoms with Crippen molar-refractivity contribution in [2.24, 2.45) is 0 Å². The molecule has 0 bridgehead atoms. The zero-order valence-corrected chi connectivity index (χ0v) is 38.2. The molecule has 0 atom stereocenters. The van der Waals surface area contributed by atoms with Crippen LogP contribution in [0.3, 0.4) is 0 Å². The highest BCUT2D eigenvalue weighted by Crippen LogP contribution is 2.40. The number of benzene rings is 9. The number of anilines is 6. The second-order valence-electron chi connectivity index (χ2n) is 16.6. The van der Waals surface area contributed by atoms with E-state index >= 15 is 0 Å². The summed E-state index contributed by atoms with van der Waals surface area (Å²) in [5, 5.41) is 9.76. The van der Waals surface area contributed by atoms with Crippen molar-refractivity contribution >= 4 is 34.1 Å². The van der Waals surface area contributed by atoms with Crippen LogP contribution in [0.4, 0.5) is 34.1 Å². The van der Waals surface area contributed by atoms with Gasteiger partial charge in [0.05, 0.1) is 20.8 Å². The van der Waals surface area contributed by atoms with Crippen molar-refractivity contribution in [1.29, 1.82) is 0 Å². The molecule has 326 valence electrons. The molecule has 9 aromatic carbocycles. The van der Waals surface area contributed by atoms with E-state index in [0.29, 0.717) is 0 Å². The van der Waals surface area contributed by atoms with E-state index in [0.717, 1.165) is 113 Å². The Hall–Kier alpha value is -7.86. The first-order chi connectivity index (χ1) is 32.3. The first-order valence-corrected chi connectivity index (χ1v) is 22.5. The maximum absolute atomic E-state index is 9.76. The summed E-state index contributed by atoms with van der Waals surface area (Å²) in [4.78, 5) is 4.57. The molecular weight excluding hydrogens is 809 g/mol. The van der Waals surface area contributed by atoms with E-state index in [4.69, 9.17) is 9.47 Å². The van der Waals surface area contributed by atoms with Crippen LogP contribution >= 0.6 is 0 Å². The summed E-state index contributed by atoms with van der Waals surface area (Å²) in [5.41, 5.74) is 20.0. The second kappa shape index (κ2) is 19.5. The van der Waals surface area contributed by atoms with Crippen molar-refractivity contribution in [2.75, 3.05) is 24.0 Å². The maximum atomic E-state index is 9.76. The number of rotatable bonds is 14. The summed E-state index contributed by atoms with van der Waals surface area (Å²) >= 11 is 0. The fraction of sp³-hybridized carbons (Fsp3) is 0.115. The van der Waals surface area contributed by atoms with E-state index in [1.54, 1.807) is 14.2 Å². The predicted octanol–water partition coefficient (Wildman–Crippen LogP) is 16.0. The van der Waals surface area contributed by atoms with Gasteiger partial charge in [-0.25, -0.2) is 0 Å². The molecule has 0 unspecified atom stereocenters. The van der Waals surface area contributed by atoms with Gasteiger partial charge in [0.25, 0.3) is 0 Å². The maximum Gasteiger partial charge on any atom is 0.121 e. The zero-order chi connectivity index (χ0) is 45.6. The van der Waals surface area contributed by atoms with Crippen LogP contribution in [0, 0.1) is 13.8 Å². The van der Waals surface area contributed by atoms with E-state index < -0.39 is 0 Å². The normalized spacial score (nSPS) is 11.0. The van der Waals surface area contributed by atoms with Crippen LogP contribution in [0.25, 0.3) is 44.5 Å². The Bertz CT molecular complexity index is 2820. The Labute approximate surface area is 389 Å². The Balaban J connectivity index is 0.951. The van der Waals surface area contributed by atoms with Crippen molar-refractivity contribution < 1.29 is 14.6 Å². The van der Waals surface area contributed by atoms with Gasteiger partial charge in [0, 0.05) is 34.1 Å². The van der Waals surface area contributed by atoms with Crippen LogP contribution in [-0.4, -0.2) is 19.3 Å². The van der Waals surface area contributed by atoms with E-state index in [-0.39, 0.29) is 6.61 Å². The zero-order valence-electron chi connectivity index (χ0n) is 38.2. The van der Waals surface area contributed by atoms with Gasteiger partial charge < -0.3 is 24.4 Å². The number of aryl methyl sites for hydroxylation is 3. The smallest absolute Gasteiger partial charge is 0.121 e. The highest BCUT2D eigenvalue weighted by atomic mass is 16.5. The van der Waals surface area contributed by atoms with Gasteiger partial charge >= 0.3 is 0 Å². The topological polar surface area (TPSA) is 45.2 Å². The molecule has 0 heterocycles. The highest BCUT2D eigenvalue weighted by Gasteiger charge is 2.16. The van der Waals surface area contributed by atoms with E-state index in [1.165, 1.54) is 5.56 Å². The molecule has 0 radical (unpaired) electrons. The molecule has 0 amide bonds. The summed E-state index contributed by atoms with van der Waals surface area (Å²) in [6.45, 7) is 6.34. The molecule has 1 N–H and O–H groups in total. The first kappa shape index (κ1) is 43.4. The SMILES string of the molecule is CCc1ccc(N(c2ccc(-c3ccc(-c4ccc(N(c5ccc(CO)cc5)c5ccc(-c6ccc(OC)c(C)c6)cc5)cc4)cc3)cc2)c2ccc(-c3ccc(OC)c(C)c3)cc2)cc1. The molecule has 9 rings (SSSR count). The van der Waals surface area contributed by atoms with Gasteiger partial charge in [-0.1, -0.05) is 116 Å². The molecule has 0 spiro atoms. The van der Waals surface area contributed by atoms with E-state index in [1.807, 2.05) is 24.3 Å². The molecule has 0 aromatic heterocycles. The Morgan fingerprint density at radius 1 is 0.333 bits per heavy atom. The molecule has 0 aliphatic carbocycles. The van der Waals surface area contributed by atoms with Gasteiger partial charge in [0.2, 0.25) is 0 Å². The minimum atomic E-state index is 0.00362. The fourth-order valence-electron chi connectivity index (χ4n) is 8.71. The molecule has 66 heavy (non-hydrogen) atoms. The number of ether oxygens (including phenoxy) is 2. The lowest BCUT2D eigenvalue weighted by molar-refractivity contribution is 0.282. The Kier molecular flexibility index (Phi) is 12.8. The largest absolute Gasteiger partial charge is 0.496 e. The second-order valence-corrected chi connectivity index (χ2v) is 16.6. The number of nitrogens with zero attached hydrogens (tertiary/aromatic N) is 2. The Morgan fingerprint density at radius 3 is 0.833 bits per heavy atom. The van der Waals surface area contributed by atoms with Gasteiger partial charge in [-0.2, -0.15) is 0 Å². The average molecular weight is 863 g/mol. The monoisotopic (exact) mass is 862 g/mol. The Morgan fingerprint density at radius 2 is 0.576 bits per heavy atom. The number of aliphatic hydroxyl groups is 1. The summed E-state index contributed by atoms with van der Waals surface area (Å²) in [5.74, 6) is 1.78. The summed E-state index contributed by atoms with van der Waals surface area (Å²) in [6, 6.07) is 73.5. The lowest BCUT2D eigenvalue weighted by Crippen LogP contribution is -2.10. The van der Waals surface area contributed by atoms with E-state index in [9.17, 15) is 5.11 Å². The van der Waals surface area contributed by atoms with Crippen LogP contribution in [0.1, 0.15) is 29.2 Å². The third-order valence-corrected chi connectivity index (χ3v) is 12.5. The minimum absolute atomic E-state index is 0.00362. The lowest BCUT2D eigenvalue weighted by atomic mass is 9.99. The van der Waals surface area contributed by atoms with E-state index in [2.05, 4.69) is 213 Å². The molecule has 0 saturated carbocycles. The van der Waals surface area contributed by atoms with Crippen molar-refractivity contribution in [3.8, 4) is 56.0 Å². The van der Waals surface area contributed by atoms with Gasteiger partial charge in [-0.15, -0.1) is 0 Å². The quantitative estimate of drug-likeness (QED) is 0.118. The lowest BCUT2D eigenvalue weighted by Gasteiger charge is -2.26. The fourth-order valence-corrected chi connectivity index (χ4v) is 8.71. The van der Waals surface area contributed by atoms with Crippen LogP contribution in [0.5, 0.6) is 11.5 Å². The van der Waals surface area contributed by atoms with Gasteiger partial charge in [0.15, 0.2) is 0 Å². The molecule has 0 saturated heterocycles. The van der Waals surface area contributed by atoms with Crippen LogP contribution in [-0.2, 0) is 13.0 Å². The third kappa shape index (κ3) is 9.21. The third-order valence-electron chi connectivity index (χ3n) is 12.5. The van der Waals surface area contributed by atoms with Crippen LogP contribution in [0.2, 0.25) is 0 Å². The van der Waals surface area contributed by atoms with Gasteiger partial charge in [-0.05, 0) is 184 Å². The molecule has 5 nitrogen and oxygen atoms in total. The molecule has 0 fully saturated rings. The van der Waals surface area contributed by atoms with Gasteiger partial charge in [0.1, 0.15) is 11.5 Å². The molecule has 0 aliphatic heterocycles. The molecule has 9 aromatic rings. The summed E-state index contributed by atoms with van der Waals surface area (Å²) < 4.78 is 11.0. The molecule has 0 aliphatic rings. The standard InChI is InChI=1S/C61H54N2O3/c1-6-44-7-25-54(26-8-44)62(58-33-19-50(20-34-58)52-23-37-60(65-4)42(2)39-52)56-29-15-48(16-30-56)46-11-13-47(14-12-46)49-17-31-57(32-18-49)63(55-27-9-45(41-64)10-28-55)59-35-21-51(22-36-59)53-24-38-61(66-5)43(3)40-53/h7-40,64H,6,41H2,1-5H3. The summed E-state index contributed by atoms with van der Waals surface area (Å²) in [6.07, 6.45) is 0.997. The molecular formula is C61H54N2O3. The number of hydrogen-bond acceptors (Lipinski definition) is 5. The van der Waals surface area contributed by atoms with Crippen molar-refractivity contribution in [1.82, 2.24) is 0 Å². The van der Waals surface area contributed by atoms with Crippen LogP contribution < -0.4 is 19.3 Å². The van der Waals surface area contributed by atoms with Crippen LogP contribution in [0.15, 0.2) is 206 Å². The van der Waals surface area contributed by atoms with Crippen molar-refractivity contribution in [3.63, 3.8) is 0 Å². The number of hydrogen-bond donors (Lipinski definition) is 1. The average Bonchev–Trinajstić information content (AvgIpc) is 3.38.